The van der Waals surface area contributed by atoms with Crippen LogP contribution in [0.25, 0.3) is 0 Å². The molecule has 29 valence electrons. The van der Waals surface area contributed by atoms with Gasteiger partial charge in [-0.05, 0) is 0 Å². The normalized spacial score (nSPS) is 2.40. The van der Waals surface area contributed by atoms with E-state index in [1.54, 1.807) is 0 Å². The molecule has 1 N–H and O–H groups in total. The molecule has 0 saturated carbocycles. The Balaban J connectivity index is -0.00000000667. The molecule has 0 unspecified atom stereocenters. The van der Waals surface area contributed by atoms with E-state index < -0.39 is 0 Å². The molecular formula is H2CoLiNO2. The van der Waals surface area contributed by atoms with Crippen LogP contribution in [0.5, 0.6) is 0 Å². The molecule has 0 saturated heterocycles. The summed E-state index contributed by atoms with van der Waals surface area (Å²) in [6, 6.07) is 0. The molecule has 0 aromatic rings. The van der Waals surface area contributed by atoms with Crippen molar-refractivity contribution in [3.8, 4) is 0 Å². The van der Waals surface area contributed by atoms with Crippen molar-refractivity contribution >= 4 is 0 Å². The van der Waals surface area contributed by atoms with Crippen LogP contribution in [-0.4, -0.2) is 5.21 Å². The average Bonchev–Trinajstić information content (AvgIpc) is 0.918. The predicted molar refractivity (Wildman–Crippen MR) is 8.69 cm³/mol. The van der Waals surface area contributed by atoms with Crippen molar-refractivity contribution < 1.29 is 42.3 Å². The summed E-state index contributed by atoms with van der Waals surface area (Å²) in [5.41, 5.74) is 0. The Morgan fingerprint density at radius 3 is 1.80 bits per heavy atom. The minimum absolute atomic E-state index is 0. The quantitative estimate of drug-likeness (QED) is 0.211. The first-order chi connectivity index (χ1) is 1.41. The van der Waals surface area contributed by atoms with E-state index in [2.05, 4.69) is 0 Å². The third kappa shape index (κ3) is 111. The van der Waals surface area contributed by atoms with Crippen molar-refractivity contribution in [3.63, 3.8) is 0 Å². The summed E-state index contributed by atoms with van der Waals surface area (Å²) in [6.45, 7) is 0. The smallest absolute Gasteiger partial charge is 1.00 e. The van der Waals surface area contributed by atoms with E-state index in [-0.39, 0.29) is 37.1 Å². The minimum Gasteiger partial charge on any atom is -1.00 e. The van der Waals surface area contributed by atoms with Crippen molar-refractivity contribution in [1.82, 2.24) is 0 Å². The van der Waals surface area contributed by atoms with E-state index in [0.29, 0.717) is 0 Å². The summed E-state index contributed by atoms with van der Waals surface area (Å²) in [5.74, 6) is 0. The molecule has 3 nitrogen and oxygen atoms in total. The van der Waals surface area contributed by atoms with Gasteiger partial charge in [0.25, 0.3) is 0 Å². The predicted octanol–water partition coefficient (Wildman–Crippen LogP) is -2.74. The largest absolute Gasteiger partial charge is 1.00 e. The molecule has 0 rings (SSSR count). The van der Waals surface area contributed by atoms with Crippen LogP contribution in [0.1, 0.15) is 1.43 Å². The average molecular weight is 114 g/mol. The van der Waals surface area contributed by atoms with Crippen LogP contribution in [-0.2, 0) is 16.8 Å². The summed E-state index contributed by atoms with van der Waals surface area (Å²) in [4.78, 5) is 8.11. The summed E-state index contributed by atoms with van der Waals surface area (Å²) in [6.07, 6.45) is 0. The van der Waals surface area contributed by atoms with Crippen molar-refractivity contribution in [2.24, 2.45) is 5.34 Å². The second-order valence-corrected chi connectivity index (χ2v) is 0.0816. The molecule has 0 aromatic heterocycles. The van der Waals surface area contributed by atoms with Crippen molar-refractivity contribution in [2.75, 3.05) is 0 Å². The standard InChI is InChI=1S/Co.Li.HNO2.H/c;;2-1-3;/h;;(H,2,3);/q;+1;;-1. The van der Waals surface area contributed by atoms with Crippen LogP contribution in [0.2, 0.25) is 0 Å². The van der Waals surface area contributed by atoms with Crippen LogP contribution in [0.4, 0.5) is 0 Å². The Bertz CT molecular complexity index is 21.0. The molecule has 0 heterocycles. The molecule has 0 fully saturated rings. The number of nitrogens with zero attached hydrogens (tertiary/aromatic N) is 1. The minimum atomic E-state index is 0. The monoisotopic (exact) mass is 114 g/mol. The summed E-state index contributed by atoms with van der Waals surface area (Å²) >= 11 is 0. The molecule has 0 aromatic carbocycles. The first kappa shape index (κ1) is 17.8. The molecule has 0 bridgehead atoms. The van der Waals surface area contributed by atoms with Gasteiger partial charge in [-0.1, -0.05) is 0 Å². The van der Waals surface area contributed by atoms with Gasteiger partial charge >= 0.3 is 18.9 Å². The zero-order valence-corrected chi connectivity index (χ0v) is 3.68. The topological polar surface area (TPSA) is 49.7 Å². The Morgan fingerprint density at radius 2 is 1.80 bits per heavy atom. The molecule has 0 amide bonds. The van der Waals surface area contributed by atoms with Gasteiger partial charge in [-0.25, -0.2) is 0 Å². The van der Waals surface area contributed by atoms with Crippen molar-refractivity contribution in [2.45, 2.75) is 0 Å². The molecule has 0 aliphatic rings. The van der Waals surface area contributed by atoms with E-state index in [4.69, 9.17) is 10.1 Å². The second kappa shape index (κ2) is 24.4. The molecule has 0 spiro atoms. The second-order valence-electron chi connectivity index (χ2n) is 0.0816. The van der Waals surface area contributed by atoms with Gasteiger partial charge in [0.1, 0.15) is 0 Å². The fourth-order valence-electron chi connectivity index (χ4n) is 0. The van der Waals surface area contributed by atoms with Gasteiger partial charge in [-0.3, -0.25) is 0 Å². The van der Waals surface area contributed by atoms with E-state index in [0.717, 1.165) is 0 Å². The molecule has 5 heavy (non-hydrogen) atoms. The van der Waals surface area contributed by atoms with Crippen LogP contribution in [0.3, 0.4) is 0 Å². The maximum absolute atomic E-state index is 8.11. The molecular weight excluding hydrogens is 112 g/mol. The van der Waals surface area contributed by atoms with E-state index in [9.17, 15) is 0 Å². The summed E-state index contributed by atoms with van der Waals surface area (Å²) < 4.78 is 0. The Hall–Kier alpha value is 0.504. The third-order valence-electron chi connectivity index (χ3n) is 0. The molecule has 0 atom stereocenters. The first-order valence-electron chi connectivity index (χ1n) is 0.383. The maximum atomic E-state index is 8.11. The summed E-state index contributed by atoms with van der Waals surface area (Å²) in [5, 5.41) is 7.89. The number of hydrogen-bond acceptors (Lipinski definition) is 2. The Labute approximate surface area is 52.9 Å². The third-order valence-corrected chi connectivity index (χ3v) is 0. The Kier molecular flexibility index (Phi) is 87.1. The van der Waals surface area contributed by atoms with Crippen LogP contribution in [0, 0.1) is 4.91 Å². The summed E-state index contributed by atoms with van der Waals surface area (Å²) in [7, 11) is 0. The van der Waals surface area contributed by atoms with Crippen LogP contribution >= 0.6 is 0 Å². The number of hydrogen-bond donors (Lipinski definition) is 1. The SMILES string of the molecule is O=NO.[Co].[H-].[Li+]. The molecule has 1 radical (unpaired) electrons. The fraction of sp³-hybridized carbons (Fsp3) is 0. The van der Waals surface area contributed by atoms with E-state index in [1.807, 2.05) is 0 Å². The molecule has 0 aliphatic carbocycles. The van der Waals surface area contributed by atoms with Gasteiger partial charge in [0.2, 0.25) is 0 Å². The first-order valence-corrected chi connectivity index (χ1v) is 0.383. The van der Waals surface area contributed by atoms with Crippen molar-refractivity contribution in [3.05, 3.63) is 4.91 Å². The van der Waals surface area contributed by atoms with Gasteiger partial charge in [0.15, 0.2) is 5.34 Å². The van der Waals surface area contributed by atoms with Gasteiger partial charge in [0, 0.05) is 16.8 Å². The Morgan fingerprint density at radius 1 is 1.80 bits per heavy atom. The van der Waals surface area contributed by atoms with Crippen LogP contribution in [0.15, 0.2) is 5.34 Å². The van der Waals surface area contributed by atoms with Gasteiger partial charge in [-0.2, -0.15) is 0 Å². The van der Waals surface area contributed by atoms with E-state index in [1.165, 1.54) is 5.34 Å². The van der Waals surface area contributed by atoms with E-state index >= 15 is 0 Å². The zero-order chi connectivity index (χ0) is 2.71. The van der Waals surface area contributed by atoms with Gasteiger partial charge < -0.3 is 6.63 Å². The van der Waals surface area contributed by atoms with Crippen molar-refractivity contribution in [1.29, 1.82) is 0 Å². The fourth-order valence-corrected chi connectivity index (χ4v) is 0. The maximum Gasteiger partial charge on any atom is 1.00 e. The molecule has 0 aliphatic heterocycles. The molecule has 5 heteroatoms. The number of rotatable bonds is 0. The van der Waals surface area contributed by atoms with Gasteiger partial charge in [0.05, 0.1) is 0 Å². The van der Waals surface area contributed by atoms with Crippen LogP contribution < -0.4 is 18.9 Å². The zero-order valence-electron chi connectivity index (χ0n) is 3.64. The van der Waals surface area contributed by atoms with Gasteiger partial charge in [-0.15, -0.1) is 4.91 Å².